The highest BCUT2D eigenvalue weighted by atomic mass is 79.9. The van der Waals surface area contributed by atoms with Gasteiger partial charge in [-0.1, -0.05) is 6.42 Å². The van der Waals surface area contributed by atoms with Gasteiger partial charge in [0.15, 0.2) is 11.5 Å². The minimum atomic E-state index is 0.632. The van der Waals surface area contributed by atoms with Gasteiger partial charge < -0.3 is 14.8 Å². The Labute approximate surface area is 134 Å². The molecule has 2 fully saturated rings. The summed E-state index contributed by atoms with van der Waals surface area (Å²) in [5.41, 5.74) is 1.26. The lowest BCUT2D eigenvalue weighted by atomic mass is 9.89. The van der Waals surface area contributed by atoms with Gasteiger partial charge in [0.2, 0.25) is 0 Å². The number of hydrogen-bond acceptors (Lipinski definition) is 3. The summed E-state index contributed by atoms with van der Waals surface area (Å²) < 4.78 is 12.3. The van der Waals surface area contributed by atoms with Crippen LogP contribution in [0.3, 0.4) is 0 Å². The molecular formula is C17H22BrNO2. The summed E-state index contributed by atoms with van der Waals surface area (Å²) in [5.74, 6) is 4.65. The molecular weight excluding hydrogens is 330 g/mol. The van der Waals surface area contributed by atoms with Crippen molar-refractivity contribution >= 4 is 15.9 Å². The average Bonchev–Trinajstić information content (AvgIpc) is 3.10. The zero-order valence-electron chi connectivity index (χ0n) is 12.2. The molecule has 3 unspecified atom stereocenters. The predicted molar refractivity (Wildman–Crippen MR) is 85.8 cm³/mol. The highest BCUT2D eigenvalue weighted by Gasteiger charge is 2.38. The number of nitrogens with one attached hydrogen (secondary N) is 1. The second-order valence-electron chi connectivity index (χ2n) is 6.67. The van der Waals surface area contributed by atoms with Crippen molar-refractivity contribution in [2.24, 2.45) is 17.8 Å². The van der Waals surface area contributed by atoms with Crippen LogP contribution in [0.1, 0.15) is 31.2 Å². The van der Waals surface area contributed by atoms with E-state index in [0.717, 1.165) is 46.8 Å². The number of hydrogen-bond donors (Lipinski definition) is 1. The van der Waals surface area contributed by atoms with Crippen LogP contribution in [-0.4, -0.2) is 19.8 Å². The Morgan fingerprint density at radius 2 is 2.05 bits per heavy atom. The smallest absolute Gasteiger partial charge is 0.175 e. The maximum absolute atomic E-state index is 5.68. The van der Waals surface area contributed by atoms with Crippen molar-refractivity contribution in [2.45, 2.75) is 32.2 Å². The van der Waals surface area contributed by atoms with E-state index in [-0.39, 0.29) is 0 Å². The van der Waals surface area contributed by atoms with Crippen LogP contribution in [0, 0.1) is 17.8 Å². The van der Waals surface area contributed by atoms with Crippen LogP contribution >= 0.6 is 15.9 Å². The molecule has 2 bridgehead atoms. The van der Waals surface area contributed by atoms with Gasteiger partial charge in [-0.3, -0.25) is 0 Å². The highest BCUT2D eigenvalue weighted by Crippen LogP contribution is 2.48. The zero-order chi connectivity index (χ0) is 14.2. The first-order chi connectivity index (χ1) is 10.3. The van der Waals surface area contributed by atoms with Crippen LogP contribution in [0.4, 0.5) is 0 Å². The summed E-state index contributed by atoms with van der Waals surface area (Å²) in [6.07, 6.45) is 5.88. The molecule has 21 heavy (non-hydrogen) atoms. The molecule has 1 aliphatic heterocycles. The second-order valence-corrected chi connectivity index (χ2v) is 7.52. The summed E-state index contributed by atoms with van der Waals surface area (Å²) in [5, 5.41) is 3.65. The van der Waals surface area contributed by atoms with Crippen molar-refractivity contribution in [2.75, 3.05) is 19.8 Å². The molecule has 3 aliphatic rings. The Balaban J connectivity index is 1.35. The van der Waals surface area contributed by atoms with Crippen LogP contribution in [0.5, 0.6) is 11.5 Å². The number of benzene rings is 1. The van der Waals surface area contributed by atoms with E-state index in [1.54, 1.807) is 0 Å². The van der Waals surface area contributed by atoms with Gasteiger partial charge in [0.1, 0.15) is 13.2 Å². The molecule has 2 saturated carbocycles. The average molecular weight is 352 g/mol. The van der Waals surface area contributed by atoms with E-state index in [2.05, 4.69) is 33.4 Å². The number of rotatable bonds is 4. The first-order valence-electron chi connectivity index (χ1n) is 8.08. The van der Waals surface area contributed by atoms with Crippen LogP contribution in [0.25, 0.3) is 0 Å². The topological polar surface area (TPSA) is 30.5 Å². The molecule has 2 aliphatic carbocycles. The fourth-order valence-corrected chi connectivity index (χ4v) is 4.90. The van der Waals surface area contributed by atoms with Gasteiger partial charge in [-0.2, -0.15) is 0 Å². The normalized spacial score (nSPS) is 29.9. The molecule has 1 aromatic rings. The summed E-state index contributed by atoms with van der Waals surface area (Å²) in [4.78, 5) is 0. The predicted octanol–water partition coefficient (Wildman–Crippen LogP) is 3.75. The molecule has 0 radical (unpaired) electrons. The van der Waals surface area contributed by atoms with Crippen molar-refractivity contribution < 1.29 is 9.47 Å². The molecule has 4 rings (SSSR count). The minimum absolute atomic E-state index is 0.632. The molecule has 1 N–H and O–H groups in total. The summed E-state index contributed by atoms with van der Waals surface area (Å²) in [7, 11) is 0. The van der Waals surface area contributed by atoms with Gasteiger partial charge in [0, 0.05) is 6.54 Å². The first-order valence-corrected chi connectivity index (χ1v) is 8.87. The van der Waals surface area contributed by atoms with E-state index in [0.29, 0.717) is 13.2 Å². The van der Waals surface area contributed by atoms with E-state index in [4.69, 9.17) is 9.47 Å². The molecule has 1 heterocycles. The van der Waals surface area contributed by atoms with Gasteiger partial charge in [-0.15, -0.1) is 0 Å². The van der Waals surface area contributed by atoms with Crippen molar-refractivity contribution in [3.05, 3.63) is 22.2 Å². The minimum Gasteiger partial charge on any atom is -0.486 e. The van der Waals surface area contributed by atoms with Crippen LogP contribution in [-0.2, 0) is 6.54 Å². The van der Waals surface area contributed by atoms with Gasteiger partial charge in [-0.25, -0.2) is 0 Å². The summed E-state index contributed by atoms with van der Waals surface area (Å²) in [6.45, 7) is 3.34. The lowest BCUT2D eigenvalue weighted by molar-refractivity contribution is 0.170. The highest BCUT2D eigenvalue weighted by molar-refractivity contribution is 9.10. The molecule has 0 aromatic heterocycles. The van der Waals surface area contributed by atoms with E-state index in [1.807, 2.05) is 0 Å². The number of ether oxygens (including phenoxy) is 2. The monoisotopic (exact) mass is 351 g/mol. The van der Waals surface area contributed by atoms with Gasteiger partial charge in [0.25, 0.3) is 0 Å². The Hall–Kier alpha value is -0.740. The maximum atomic E-state index is 5.68. The Morgan fingerprint density at radius 1 is 1.14 bits per heavy atom. The van der Waals surface area contributed by atoms with E-state index in [1.165, 1.54) is 31.2 Å². The van der Waals surface area contributed by atoms with Crippen LogP contribution < -0.4 is 14.8 Å². The fraction of sp³-hybridized carbons (Fsp3) is 0.647. The van der Waals surface area contributed by atoms with Crippen LogP contribution in [0.15, 0.2) is 16.6 Å². The Bertz CT molecular complexity index is 534. The third-order valence-electron chi connectivity index (χ3n) is 5.28. The molecule has 1 aromatic carbocycles. The van der Waals surface area contributed by atoms with Gasteiger partial charge in [0.05, 0.1) is 4.47 Å². The van der Waals surface area contributed by atoms with Crippen molar-refractivity contribution in [1.82, 2.24) is 5.32 Å². The lowest BCUT2D eigenvalue weighted by Gasteiger charge is -2.23. The Kier molecular flexibility index (Phi) is 3.84. The third kappa shape index (κ3) is 2.80. The molecule has 3 nitrogen and oxygen atoms in total. The number of halogens is 1. The molecule has 3 atom stereocenters. The molecule has 114 valence electrons. The van der Waals surface area contributed by atoms with Crippen LogP contribution in [0.2, 0.25) is 0 Å². The SMILES string of the molecule is Brc1cc(CNCC2CC3CCC2C3)cc2c1OCCO2. The van der Waals surface area contributed by atoms with Gasteiger partial charge in [-0.05, 0) is 77.2 Å². The third-order valence-corrected chi connectivity index (χ3v) is 5.87. The van der Waals surface area contributed by atoms with Crippen molar-refractivity contribution in [3.8, 4) is 11.5 Å². The summed E-state index contributed by atoms with van der Waals surface area (Å²) in [6, 6.07) is 4.24. The van der Waals surface area contributed by atoms with Crippen molar-refractivity contribution in [3.63, 3.8) is 0 Å². The Morgan fingerprint density at radius 3 is 2.86 bits per heavy atom. The molecule has 4 heteroatoms. The maximum Gasteiger partial charge on any atom is 0.175 e. The van der Waals surface area contributed by atoms with E-state index < -0.39 is 0 Å². The second kappa shape index (κ2) is 5.81. The first kappa shape index (κ1) is 13.9. The summed E-state index contributed by atoms with van der Waals surface area (Å²) >= 11 is 3.58. The lowest BCUT2D eigenvalue weighted by Crippen LogP contribution is -2.26. The van der Waals surface area contributed by atoms with E-state index >= 15 is 0 Å². The van der Waals surface area contributed by atoms with Gasteiger partial charge >= 0.3 is 0 Å². The largest absolute Gasteiger partial charge is 0.486 e. The molecule has 0 saturated heterocycles. The molecule has 0 spiro atoms. The quantitative estimate of drug-likeness (QED) is 0.895. The zero-order valence-corrected chi connectivity index (χ0v) is 13.8. The van der Waals surface area contributed by atoms with Crippen molar-refractivity contribution in [1.29, 1.82) is 0 Å². The van der Waals surface area contributed by atoms with E-state index in [9.17, 15) is 0 Å². The standard InChI is InChI=1S/C17H22BrNO2/c18-15-7-12(8-16-17(15)21-4-3-20-16)9-19-10-14-6-11-1-2-13(14)5-11/h7-8,11,13-14,19H,1-6,9-10H2. The fourth-order valence-electron chi connectivity index (χ4n) is 4.29. The number of fused-ring (bicyclic) bond motifs is 3. The molecule has 0 amide bonds.